The van der Waals surface area contributed by atoms with Crippen molar-refractivity contribution in [2.75, 3.05) is 34.4 Å². The molecule has 0 radical (unpaired) electrons. The smallest absolute Gasteiger partial charge is 0.310 e. The maximum absolute atomic E-state index is 12.5. The molecule has 0 heterocycles. The van der Waals surface area contributed by atoms with Crippen LogP contribution in [-0.2, 0) is 20.7 Å². The fourth-order valence-corrected chi connectivity index (χ4v) is 2.79. The summed E-state index contributed by atoms with van der Waals surface area (Å²) in [6.07, 6.45) is 2.57. The molecule has 0 saturated heterocycles. The maximum Gasteiger partial charge on any atom is 0.310 e. The molecule has 0 aliphatic heterocycles. The van der Waals surface area contributed by atoms with E-state index in [0.717, 1.165) is 18.4 Å². The van der Waals surface area contributed by atoms with E-state index in [1.54, 1.807) is 26.0 Å². The number of rotatable bonds is 9. The van der Waals surface area contributed by atoms with Crippen LogP contribution in [0.15, 0.2) is 18.2 Å². The van der Waals surface area contributed by atoms with E-state index >= 15 is 0 Å². The van der Waals surface area contributed by atoms with Gasteiger partial charge in [0.2, 0.25) is 5.91 Å². The number of benzene rings is 1. The zero-order valence-corrected chi connectivity index (χ0v) is 15.4. The first kappa shape index (κ1) is 19.1. The third-order valence-electron chi connectivity index (χ3n) is 4.45. The Morgan fingerprint density at radius 2 is 1.84 bits per heavy atom. The van der Waals surface area contributed by atoms with Gasteiger partial charge >= 0.3 is 5.97 Å². The highest BCUT2D eigenvalue weighted by Crippen LogP contribution is 2.32. The Balaban J connectivity index is 2.03. The Morgan fingerprint density at radius 3 is 2.40 bits per heavy atom. The van der Waals surface area contributed by atoms with Crippen LogP contribution in [0.5, 0.6) is 11.5 Å². The second-order valence-corrected chi connectivity index (χ2v) is 6.42. The fraction of sp³-hybridized carbons (Fsp3) is 0.579. The Kier molecular flexibility index (Phi) is 6.67. The number of amides is 1. The molecule has 0 bridgehead atoms. The van der Waals surface area contributed by atoms with Gasteiger partial charge in [-0.3, -0.25) is 9.59 Å². The van der Waals surface area contributed by atoms with Gasteiger partial charge in [-0.2, -0.15) is 0 Å². The second-order valence-electron chi connectivity index (χ2n) is 6.42. The Hall–Kier alpha value is -2.24. The van der Waals surface area contributed by atoms with Crippen LogP contribution in [0, 0.1) is 11.8 Å². The lowest BCUT2D eigenvalue weighted by molar-refractivity contribution is -0.146. The lowest BCUT2D eigenvalue weighted by atomic mass is 10.1. The molecule has 25 heavy (non-hydrogen) atoms. The first-order valence-electron chi connectivity index (χ1n) is 8.57. The number of nitrogens with zero attached hydrogens (tertiary/aromatic N) is 1. The van der Waals surface area contributed by atoms with Gasteiger partial charge in [0.1, 0.15) is 0 Å². The van der Waals surface area contributed by atoms with Crippen LogP contribution in [0.1, 0.15) is 25.3 Å². The highest BCUT2D eigenvalue weighted by molar-refractivity contribution is 5.82. The van der Waals surface area contributed by atoms with Gasteiger partial charge in [0.25, 0.3) is 0 Å². The molecule has 1 aromatic carbocycles. The third kappa shape index (κ3) is 5.11. The van der Waals surface area contributed by atoms with E-state index in [9.17, 15) is 9.59 Å². The van der Waals surface area contributed by atoms with Gasteiger partial charge in [-0.1, -0.05) is 13.0 Å². The molecule has 1 aromatic rings. The van der Waals surface area contributed by atoms with Crippen molar-refractivity contribution in [1.29, 1.82) is 0 Å². The second kappa shape index (κ2) is 8.74. The Morgan fingerprint density at radius 1 is 1.16 bits per heavy atom. The van der Waals surface area contributed by atoms with Crippen LogP contribution in [0.3, 0.4) is 0 Å². The molecule has 1 saturated carbocycles. The molecule has 2 rings (SSSR count). The molecular formula is C19H27NO5. The Bertz CT molecular complexity index is 612. The van der Waals surface area contributed by atoms with Crippen LogP contribution in [-0.4, -0.2) is 51.2 Å². The molecule has 0 spiro atoms. The lowest BCUT2D eigenvalue weighted by Gasteiger charge is -2.25. The number of hydrogen-bond acceptors (Lipinski definition) is 5. The SMILES string of the molecule is COC(=O)C(C)CN(CCc1ccc(OC)c(OC)c1)C(=O)C1CC1. The van der Waals surface area contributed by atoms with Crippen molar-refractivity contribution < 1.29 is 23.8 Å². The minimum Gasteiger partial charge on any atom is -0.493 e. The summed E-state index contributed by atoms with van der Waals surface area (Å²) in [5.74, 6) is 0.976. The number of esters is 1. The normalized spacial score (nSPS) is 14.6. The van der Waals surface area contributed by atoms with Crippen molar-refractivity contribution in [2.24, 2.45) is 11.8 Å². The quantitative estimate of drug-likeness (QED) is 0.640. The van der Waals surface area contributed by atoms with Crippen molar-refractivity contribution in [3.63, 3.8) is 0 Å². The number of hydrogen-bond donors (Lipinski definition) is 0. The summed E-state index contributed by atoms with van der Waals surface area (Å²) in [5.41, 5.74) is 1.05. The van der Waals surface area contributed by atoms with Crippen LogP contribution in [0.4, 0.5) is 0 Å². The van der Waals surface area contributed by atoms with Gasteiger partial charge < -0.3 is 19.1 Å². The van der Waals surface area contributed by atoms with Crippen molar-refractivity contribution in [3.8, 4) is 11.5 Å². The summed E-state index contributed by atoms with van der Waals surface area (Å²) in [6, 6.07) is 5.74. The minimum absolute atomic E-state index is 0.121. The summed E-state index contributed by atoms with van der Waals surface area (Å²) < 4.78 is 15.3. The fourth-order valence-electron chi connectivity index (χ4n) is 2.79. The minimum atomic E-state index is -0.335. The summed E-state index contributed by atoms with van der Waals surface area (Å²) >= 11 is 0. The van der Waals surface area contributed by atoms with Crippen LogP contribution >= 0.6 is 0 Å². The average molecular weight is 349 g/mol. The molecule has 0 N–H and O–H groups in total. The average Bonchev–Trinajstić information content (AvgIpc) is 3.48. The van der Waals surface area contributed by atoms with E-state index in [4.69, 9.17) is 14.2 Å². The number of methoxy groups -OCH3 is 3. The van der Waals surface area contributed by atoms with Gasteiger partial charge in [0.05, 0.1) is 27.2 Å². The summed E-state index contributed by atoms with van der Waals surface area (Å²) in [4.78, 5) is 26.0. The van der Waals surface area contributed by atoms with Crippen molar-refractivity contribution in [2.45, 2.75) is 26.2 Å². The zero-order chi connectivity index (χ0) is 18.4. The zero-order valence-electron chi connectivity index (χ0n) is 15.4. The summed E-state index contributed by atoms with van der Waals surface area (Å²) in [5, 5.41) is 0. The van der Waals surface area contributed by atoms with Crippen LogP contribution in [0.2, 0.25) is 0 Å². The van der Waals surface area contributed by atoms with Crippen LogP contribution < -0.4 is 9.47 Å². The van der Waals surface area contributed by atoms with E-state index in [0.29, 0.717) is 31.0 Å². The van der Waals surface area contributed by atoms with Crippen molar-refractivity contribution >= 4 is 11.9 Å². The van der Waals surface area contributed by atoms with Gasteiger partial charge in [-0.25, -0.2) is 0 Å². The molecule has 1 amide bonds. The highest BCUT2D eigenvalue weighted by atomic mass is 16.5. The standard InChI is InChI=1S/C19H27NO5/c1-13(19(22)25-4)12-20(18(21)15-6-7-15)10-9-14-5-8-16(23-2)17(11-14)24-3/h5,8,11,13,15H,6-7,9-10,12H2,1-4H3. The summed E-state index contributed by atoms with van der Waals surface area (Å²) in [7, 11) is 4.57. The summed E-state index contributed by atoms with van der Waals surface area (Å²) in [6.45, 7) is 2.73. The van der Waals surface area contributed by atoms with Crippen molar-refractivity contribution in [3.05, 3.63) is 23.8 Å². The van der Waals surface area contributed by atoms with Gasteiger partial charge in [-0.05, 0) is 37.0 Å². The first-order valence-corrected chi connectivity index (χ1v) is 8.57. The molecule has 1 atom stereocenters. The lowest BCUT2D eigenvalue weighted by Crippen LogP contribution is -2.39. The van der Waals surface area contributed by atoms with Gasteiger partial charge in [0, 0.05) is 19.0 Å². The highest BCUT2D eigenvalue weighted by Gasteiger charge is 2.34. The maximum atomic E-state index is 12.5. The van der Waals surface area contributed by atoms with E-state index in [1.807, 2.05) is 18.2 Å². The molecule has 6 heteroatoms. The van der Waals surface area contributed by atoms with Crippen LogP contribution in [0.25, 0.3) is 0 Å². The largest absolute Gasteiger partial charge is 0.493 e. The molecule has 1 unspecified atom stereocenters. The third-order valence-corrected chi connectivity index (χ3v) is 4.45. The molecule has 138 valence electrons. The van der Waals surface area contributed by atoms with E-state index in [1.165, 1.54) is 7.11 Å². The Labute approximate surface area is 149 Å². The van der Waals surface area contributed by atoms with Crippen molar-refractivity contribution in [1.82, 2.24) is 4.90 Å². The van der Waals surface area contributed by atoms with E-state index in [2.05, 4.69) is 0 Å². The van der Waals surface area contributed by atoms with E-state index in [-0.39, 0.29) is 23.7 Å². The van der Waals surface area contributed by atoms with Gasteiger partial charge in [-0.15, -0.1) is 0 Å². The molecular weight excluding hydrogens is 322 g/mol. The molecule has 6 nitrogen and oxygen atoms in total. The predicted octanol–water partition coefficient (Wildman–Crippen LogP) is 2.29. The molecule has 1 fully saturated rings. The van der Waals surface area contributed by atoms with E-state index < -0.39 is 0 Å². The van der Waals surface area contributed by atoms with Gasteiger partial charge in [0.15, 0.2) is 11.5 Å². The molecule has 1 aliphatic carbocycles. The number of carbonyl (C=O) groups is 2. The predicted molar refractivity (Wildman–Crippen MR) is 93.7 cm³/mol. The topological polar surface area (TPSA) is 65.1 Å². The first-order chi connectivity index (χ1) is 12.0. The number of ether oxygens (including phenoxy) is 3. The molecule has 0 aromatic heterocycles. The number of carbonyl (C=O) groups excluding carboxylic acids is 2. The molecule has 1 aliphatic rings. The monoisotopic (exact) mass is 349 g/mol.